The number of pyridine rings is 2. The standard InChI is InChI=1S/C20H20N4O3S/c1-27-19-9-4-14(11-22-19)18-10-15(12-23-20(18)21)13-2-7-17(8-3-13)28(25,26)24-16-5-6-16/h2-4,7-12,16,24H,5-6H2,1H3,(H2,21,23). The Morgan fingerprint density at radius 3 is 2.29 bits per heavy atom. The largest absolute Gasteiger partial charge is 0.481 e. The van der Waals surface area contributed by atoms with Crippen LogP contribution in [-0.4, -0.2) is 31.5 Å². The van der Waals surface area contributed by atoms with Crippen LogP contribution in [0, 0.1) is 0 Å². The molecule has 2 heterocycles. The number of nitrogen functional groups attached to an aromatic ring is 1. The second kappa shape index (κ2) is 7.21. The summed E-state index contributed by atoms with van der Waals surface area (Å²) in [5.74, 6) is 0.909. The van der Waals surface area contributed by atoms with Gasteiger partial charge in [0.25, 0.3) is 0 Å². The average Bonchev–Trinajstić information content (AvgIpc) is 3.52. The van der Waals surface area contributed by atoms with E-state index >= 15 is 0 Å². The van der Waals surface area contributed by atoms with Gasteiger partial charge < -0.3 is 10.5 Å². The van der Waals surface area contributed by atoms with Crippen LogP contribution in [0.15, 0.2) is 59.8 Å². The number of anilines is 1. The van der Waals surface area contributed by atoms with E-state index in [0.29, 0.717) is 11.7 Å². The highest BCUT2D eigenvalue weighted by molar-refractivity contribution is 7.89. The summed E-state index contributed by atoms with van der Waals surface area (Å²) in [5.41, 5.74) is 9.30. The third kappa shape index (κ3) is 3.83. The van der Waals surface area contributed by atoms with Gasteiger partial charge in [0, 0.05) is 41.2 Å². The maximum absolute atomic E-state index is 12.3. The van der Waals surface area contributed by atoms with Crippen LogP contribution in [0.3, 0.4) is 0 Å². The first kappa shape index (κ1) is 18.4. The summed E-state index contributed by atoms with van der Waals surface area (Å²) in [5, 5.41) is 0. The molecule has 0 spiro atoms. The molecule has 28 heavy (non-hydrogen) atoms. The number of nitrogens with two attached hydrogens (primary N) is 1. The van der Waals surface area contributed by atoms with Gasteiger partial charge in [-0.25, -0.2) is 23.1 Å². The Kier molecular flexibility index (Phi) is 4.74. The van der Waals surface area contributed by atoms with Crippen molar-refractivity contribution in [2.24, 2.45) is 0 Å². The van der Waals surface area contributed by atoms with Crippen LogP contribution in [-0.2, 0) is 10.0 Å². The molecule has 0 unspecified atom stereocenters. The minimum absolute atomic E-state index is 0.0756. The molecule has 1 fully saturated rings. The van der Waals surface area contributed by atoms with Crippen LogP contribution in [0.4, 0.5) is 5.82 Å². The average molecular weight is 396 g/mol. The fourth-order valence-corrected chi connectivity index (χ4v) is 4.14. The van der Waals surface area contributed by atoms with Crippen molar-refractivity contribution >= 4 is 15.8 Å². The van der Waals surface area contributed by atoms with Gasteiger partial charge in [0.15, 0.2) is 0 Å². The molecule has 0 radical (unpaired) electrons. The van der Waals surface area contributed by atoms with Gasteiger partial charge in [0.05, 0.1) is 12.0 Å². The van der Waals surface area contributed by atoms with Gasteiger partial charge in [-0.05, 0) is 42.7 Å². The predicted octanol–water partition coefficient (Wildman–Crippen LogP) is 2.84. The van der Waals surface area contributed by atoms with Gasteiger partial charge in [0.2, 0.25) is 15.9 Å². The molecule has 0 amide bonds. The van der Waals surface area contributed by atoms with Crippen LogP contribution >= 0.6 is 0 Å². The molecule has 1 aliphatic rings. The topological polar surface area (TPSA) is 107 Å². The van der Waals surface area contributed by atoms with E-state index in [-0.39, 0.29) is 10.9 Å². The Morgan fingerprint density at radius 2 is 1.68 bits per heavy atom. The van der Waals surface area contributed by atoms with E-state index < -0.39 is 10.0 Å². The first-order valence-electron chi connectivity index (χ1n) is 8.85. The molecule has 8 heteroatoms. The highest BCUT2D eigenvalue weighted by Crippen LogP contribution is 2.30. The lowest BCUT2D eigenvalue weighted by atomic mass is 10.0. The van der Waals surface area contributed by atoms with E-state index in [0.717, 1.165) is 35.1 Å². The molecular formula is C20H20N4O3S. The van der Waals surface area contributed by atoms with Crippen molar-refractivity contribution in [1.29, 1.82) is 0 Å². The highest BCUT2D eigenvalue weighted by atomic mass is 32.2. The van der Waals surface area contributed by atoms with Crippen molar-refractivity contribution in [2.75, 3.05) is 12.8 Å². The van der Waals surface area contributed by atoms with E-state index in [1.165, 1.54) is 0 Å². The summed E-state index contributed by atoms with van der Waals surface area (Å²) >= 11 is 0. The van der Waals surface area contributed by atoms with Gasteiger partial charge in [-0.3, -0.25) is 0 Å². The molecule has 0 aliphatic heterocycles. The second-order valence-corrected chi connectivity index (χ2v) is 8.38. The Labute approximate surface area is 163 Å². The number of nitrogens with zero attached hydrogens (tertiary/aromatic N) is 2. The number of methoxy groups -OCH3 is 1. The zero-order chi connectivity index (χ0) is 19.7. The molecule has 3 N–H and O–H groups in total. The van der Waals surface area contributed by atoms with Gasteiger partial charge in [-0.15, -0.1) is 0 Å². The van der Waals surface area contributed by atoms with Crippen molar-refractivity contribution in [2.45, 2.75) is 23.8 Å². The molecule has 3 aromatic rings. The molecule has 1 saturated carbocycles. The van der Waals surface area contributed by atoms with Crippen LogP contribution in [0.1, 0.15) is 12.8 Å². The van der Waals surface area contributed by atoms with E-state index in [9.17, 15) is 8.42 Å². The third-order valence-electron chi connectivity index (χ3n) is 4.57. The first-order chi connectivity index (χ1) is 13.5. The summed E-state index contributed by atoms with van der Waals surface area (Å²) in [6.07, 6.45) is 5.14. The van der Waals surface area contributed by atoms with Crippen LogP contribution in [0.2, 0.25) is 0 Å². The molecule has 1 aliphatic carbocycles. The van der Waals surface area contributed by atoms with Crippen molar-refractivity contribution in [3.05, 3.63) is 54.9 Å². The molecule has 1 aromatic carbocycles. The van der Waals surface area contributed by atoms with Crippen molar-refractivity contribution < 1.29 is 13.2 Å². The third-order valence-corrected chi connectivity index (χ3v) is 6.11. The van der Waals surface area contributed by atoms with E-state index in [1.54, 1.807) is 49.8 Å². The molecule has 0 atom stereocenters. The maximum Gasteiger partial charge on any atom is 0.240 e. The number of sulfonamides is 1. The lowest BCUT2D eigenvalue weighted by Gasteiger charge is -2.10. The summed E-state index contributed by atoms with van der Waals surface area (Å²) < 4.78 is 32.4. The quantitative estimate of drug-likeness (QED) is 0.663. The van der Waals surface area contributed by atoms with Gasteiger partial charge in [-0.2, -0.15) is 0 Å². The first-order valence-corrected chi connectivity index (χ1v) is 10.3. The summed E-state index contributed by atoms with van der Waals surface area (Å²) in [7, 11) is -1.91. The highest BCUT2D eigenvalue weighted by Gasteiger charge is 2.27. The monoisotopic (exact) mass is 396 g/mol. The summed E-state index contributed by atoms with van der Waals surface area (Å²) in [6.45, 7) is 0. The van der Waals surface area contributed by atoms with Crippen molar-refractivity contribution in [3.63, 3.8) is 0 Å². The zero-order valence-corrected chi connectivity index (χ0v) is 16.1. The zero-order valence-electron chi connectivity index (χ0n) is 15.3. The lowest BCUT2D eigenvalue weighted by molar-refractivity contribution is 0.398. The number of hydrogen-bond donors (Lipinski definition) is 2. The Balaban J connectivity index is 1.63. The predicted molar refractivity (Wildman–Crippen MR) is 107 cm³/mol. The number of benzene rings is 1. The van der Waals surface area contributed by atoms with E-state index in [4.69, 9.17) is 10.5 Å². The maximum atomic E-state index is 12.3. The Hall–Kier alpha value is -2.97. The minimum Gasteiger partial charge on any atom is -0.481 e. The molecule has 7 nitrogen and oxygen atoms in total. The van der Waals surface area contributed by atoms with Crippen LogP contribution in [0.5, 0.6) is 5.88 Å². The van der Waals surface area contributed by atoms with E-state index in [2.05, 4.69) is 14.7 Å². The smallest absolute Gasteiger partial charge is 0.240 e. The SMILES string of the molecule is COc1ccc(-c2cc(-c3ccc(S(=O)(=O)NC4CC4)cc3)cnc2N)cn1. The molecular weight excluding hydrogens is 376 g/mol. The molecule has 4 rings (SSSR count). The fourth-order valence-electron chi connectivity index (χ4n) is 2.84. The molecule has 0 bridgehead atoms. The van der Waals surface area contributed by atoms with Crippen LogP contribution < -0.4 is 15.2 Å². The second-order valence-electron chi connectivity index (χ2n) is 6.67. The molecule has 2 aromatic heterocycles. The fraction of sp³-hybridized carbons (Fsp3) is 0.200. The minimum atomic E-state index is -3.47. The van der Waals surface area contributed by atoms with Crippen LogP contribution in [0.25, 0.3) is 22.3 Å². The molecule has 0 saturated heterocycles. The van der Waals surface area contributed by atoms with Crippen molar-refractivity contribution in [3.8, 4) is 28.1 Å². The lowest BCUT2D eigenvalue weighted by Crippen LogP contribution is -2.25. The normalized spacial score (nSPS) is 14.0. The van der Waals surface area contributed by atoms with E-state index in [1.807, 2.05) is 12.1 Å². The van der Waals surface area contributed by atoms with Crippen molar-refractivity contribution in [1.82, 2.24) is 14.7 Å². The number of nitrogens with one attached hydrogen (secondary N) is 1. The summed E-state index contributed by atoms with van der Waals surface area (Å²) in [4.78, 5) is 8.74. The number of rotatable bonds is 6. The number of hydrogen-bond acceptors (Lipinski definition) is 6. The Bertz CT molecular complexity index is 1090. The molecule has 144 valence electrons. The Morgan fingerprint density at radius 1 is 1.00 bits per heavy atom. The number of aromatic nitrogens is 2. The van der Waals surface area contributed by atoms with Gasteiger partial charge >= 0.3 is 0 Å². The van der Waals surface area contributed by atoms with Gasteiger partial charge in [-0.1, -0.05) is 12.1 Å². The summed E-state index contributed by atoms with van der Waals surface area (Å²) in [6, 6.07) is 12.4. The van der Waals surface area contributed by atoms with Gasteiger partial charge in [0.1, 0.15) is 5.82 Å². The number of ether oxygens (including phenoxy) is 1.